The van der Waals surface area contributed by atoms with Crippen molar-refractivity contribution in [3.63, 3.8) is 0 Å². The largest absolute Gasteiger partial charge is 0.307 e. The van der Waals surface area contributed by atoms with Gasteiger partial charge in [-0.15, -0.1) is 0 Å². The van der Waals surface area contributed by atoms with Crippen LogP contribution in [0.25, 0.3) is 10.9 Å². The summed E-state index contributed by atoms with van der Waals surface area (Å²) in [5, 5.41) is 11.6. The van der Waals surface area contributed by atoms with Crippen LogP contribution in [0.4, 0.5) is 5.69 Å². The van der Waals surface area contributed by atoms with E-state index in [1.165, 1.54) is 6.07 Å². The van der Waals surface area contributed by atoms with Gasteiger partial charge < -0.3 is 0 Å². The molecule has 1 aromatic carbocycles. The zero-order valence-electron chi connectivity index (χ0n) is 7.28. The quantitative estimate of drug-likeness (QED) is 0.437. The van der Waals surface area contributed by atoms with Crippen LogP contribution in [0.5, 0.6) is 0 Å². The molecule has 2 rings (SSSR count). The molecule has 0 unspecified atom stereocenters. The van der Waals surface area contributed by atoms with E-state index in [2.05, 4.69) is 4.98 Å². The van der Waals surface area contributed by atoms with Gasteiger partial charge >= 0.3 is 5.69 Å². The maximum Gasteiger partial charge on any atom is 0.307 e. The van der Waals surface area contributed by atoms with Crippen molar-refractivity contribution in [2.45, 2.75) is 0 Å². The number of nitro groups is 1. The maximum atomic E-state index is 10.6. The van der Waals surface area contributed by atoms with Crippen molar-refractivity contribution in [2.75, 3.05) is 0 Å². The summed E-state index contributed by atoms with van der Waals surface area (Å²) in [6, 6.07) is 6.27. The molecule has 0 bridgehead atoms. The molecule has 0 atom stereocenters. The SMILES string of the molecule is O=[N+]([O-])c1cc2cc(Cl)ccc2nc1Cl. The van der Waals surface area contributed by atoms with E-state index in [9.17, 15) is 10.1 Å². The zero-order chi connectivity index (χ0) is 11.0. The molecule has 0 aliphatic carbocycles. The van der Waals surface area contributed by atoms with E-state index < -0.39 is 4.92 Å². The third-order valence-electron chi connectivity index (χ3n) is 1.91. The molecule has 0 spiro atoms. The number of aromatic nitrogens is 1. The predicted octanol–water partition coefficient (Wildman–Crippen LogP) is 3.45. The molecule has 0 saturated heterocycles. The third-order valence-corrected chi connectivity index (χ3v) is 2.42. The lowest BCUT2D eigenvalue weighted by Crippen LogP contribution is -1.91. The molecule has 2 aromatic rings. The summed E-state index contributed by atoms with van der Waals surface area (Å²) in [4.78, 5) is 13.9. The van der Waals surface area contributed by atoms with Gasteiger partial charge in [0.25, 0.3) is 0 Å². The molecule has 0 N–H and O–H groups in total. The molecule has 0 saturated carbocycles. The van der Waals surface area contributed by atoms with Crippen molar-refractivity contribution < 1.29 is 4.92 Å². The molecule has 0 aliphatic rings. The minimum atomic E-state index is -0.574. The second kappa shape index (κ2) is 3.64. The number of halogens is 2. The Hall–Kier alpha value is -1.39. The molecule has 0 amide bonds. The van der Waals surface area contributed by atoms with Crippen molar-refractivity contribution in [3.05, 3.63) is 44.6 Å². The number of pyridine rings is 1. The van der Waals surface area contributed by atoms with Crippen molar-refractivity contribution >= 4 is 39.8 Å². The van der Waals surface area contributed by atoms with Gasteiger partial charge in [0.2, 0.25) is 5.15 Å². The topological polar surface area (TPSA) is 56.0 Å². The molecule has 6 heteroatoms. The first kappa shape index (κ1) is 10.1. The number of benzene rings is 1. The lowest BCUT2D eigenvalue weighted by molar-refractivity contribution is -0.384. The monoisotopic (exact) mass is 242 g/mol. The Balaban J connectivity index is 2.77. The molecule has 0 fully saturated rings. The smallest absolute Gasteiger partial charge is 0.258 e. The van der Waals surface area contributed by atoms with Gasteiger partial charge in [0.05, 0.1) is 10.4 Å². The summed E-state index contributed by atoms with van der Waals surface area (Å²) < 4.78 is 0. The summed E-state index contributed by atoms with van der Waals surface area (Å²) >= 11 is 11.4. The Morgan fingerprint density at radius 3 is 2.67 bits per heavy atom. The standard InChI is InChI=1S/C9H4Cl2N2O2/c10-6-1-2-7-5(3-6)4-8(13(14)15)9(11)12-7/h1-4H. The Morgan fingerprint density at radius 1 is 1.27 bits per heavy atom. The van der Waals surface area contributed by atoms with Crippen LogP contribution in [-0.4, -0.2) is 9.91 Å². The van der Waals surface area contributed by atoms with E-state index >= 15 is 0 Å². The van der Waals surface area contributed by atoms with Gasteiger partial charge in [0.15, 0.2) is 0 Å². The highest BCUT2D eigenvalue weighted by Gasteiger charge is 2.14. The van der Waals surface area contributed by atoms with Crippen molar-refractivity contribution in [1.82, 2.24) is 4.98 Å². The van der Waals surface area contributed by atoms with Crippen LogP contribution in [0, 0.1) is 10.1 Å². The van der Waals surface area contributed by atoms with Crippen LogP contribution in [0.3, 0.4) is 0 Å². The number of hydrogen-bond donors (Lipinski definition) is 0. The molecule has 1 aromatic heterocycles. The van der Waals surface area contributed by atoms with E-state index in [0.29, 0.717) is 15.9 Å². The Morgan fingerprint density at radius 2 is 2.00 bits per heavy atom. The van der Waals surface area contributed by atoms with Crippen molar-refractivity contribution in [2.24, 2.45) is 0 Å². The molecular weight excluding hydrogens is 239 g/mol. The van der Waals surface area contributed by atoms with E-state index in [-0.39, 0.29) is 10.8 Å². The highest BCUT2D eigenvalue weighted by molar-refractivity contribution is 6.32. The van der Waals surface area contributed by atoms with Crippen LogP contribution in [0.2, 0.25) is 10.2 Å². The number of fused-ring (bicyclic) bond motifs is 1. The molecule has 4 nitrogen and oxygen atoms in total. The van der Waals surface area contributed by atoms with Gasteiger partial charge in [0, 0.05) is 16.5 Å². The Labute approximate surface area is 94.6 Å². The molecule has 1 heterocycles. The Bertz CT molecular complexity index is 557. The van der Waals surface area contributed by atoms with Crippen molar-refractivity contribution in [3.8, 4) is 0 Å². The van der Waals surface area contributed by atoms with E-state index in [1.54, 1.807) is 18.2 Å². The fourth-order valence-corrected chi connectivity index (χ4v) is 1.64. The zero-order valence-corrected chi connectivity index (χ0v) is 8.79. The van der Waals surface area contributed by atoms with Gasteiger partial charge in [-0.3, -0.25) is 10.1 Å². The molecule has 0 radical (unpaired) electrons. The summed E-state index contributed by atoms with van der Waals surface area (Å²) in [5.41, 5.74) is 0.362. The average Bonchev–Trinajstić information content (AvgIpc) is 2.17. The molecule has 15 heavy (non-hydrogen) atoms. The summed E-state index contributed by atoms with van der Waals surface area (Å²) in [7, 11) is 0. The van der Waals surface area contributed by atoms with Crippen molar-refractivity contribution in [1.29, 1.82) is 0 Å². The minimum absolute atomic E-state index is 0.116. The minimum Gasteiger partial charge on any atom is -0.258 e. The molecular formula is C9H4Cl2N2O2. The van der Waals surface area contributed by atoms with E-state index in [0.717, 1.165) is 0 Å². The van der Waals surface area contributed by atoms with Gasteiger partial charge in [-0.1, -0.05) is 23.2 Å². The number of hydrogen-bond acceptors (Lipinski definition) is 3. The van der Waals surface area contributed by atoms with Crippen LogP contribution < -0.4 is 0 Å². The van der Waals surface area contributed by atoms with E-state index in [1.807, 2.05) is 0 Å². The first-order valence-electron chi connectivity index (χ1n) is 3.98. The maximum absolute atomic E-state index is 10.6. The fraction of sp³-hybridized carbons (Fsp3) is 0. The second-order valence-corrected chi connectivity index (χ2v) is 3.69. The molecule has 76 valence electrons. The first-order valence-corrected chi connectivity index (χ1v) is 4.74. The number of rotatable bonds is 1. The fourth-order valence-electron chi connectivity index (χ4n) is 1.24. The highest BCUT2D eigenvalue weighted by Crippen LogP contribution is 2.27. The second-order valence-electron chi connectivity index (χ2n) is 2.89. The van der Waals surface area contributed by atoms with Crippen LogP contribution in [-0.2, 0) is 0 Å². The van der Waals surface area contributed by atoms with Crippen LogP contribution in [0.1, 0.15) is 0 Å². The van der Waals surface area contributed by atoms with Crippen LogP contribution in [0.15, 0.2) is 24.3 Å². The molecule has 0 aliphatic heterocycles. The van der Waals surface area contributed by atoms with Crippen LogP contribution >= 0.6 is 23.2 Å². The third kappa shape index (κ3) is 1.86. The summed E-state index contributed by atoms with van der Waals surface area (Å²) in [6.45, 7) is 0. The average molecular weight is 243 g/mol. The highest BCUT2D eigenvalue weighted by atomic mass is 35.5. The first-order chi connectivity index (χ1) is 7.08. The van der Waals surface area contributed by atoms with Gasteiger partial charge in [-0.2, -0.15) is 0 Å². The Kier molecular flexibility index (Phi) is 2.46. The normalized spacial score (nSPS) is 10.5. The van der Waals surface area contributed by atoms with E-state index in [4.69, 9.17) is 23.2 Å². The lowest BCUT2D eigenvalue weighted by atomic mass is 10.2. The summed E-state index contributed by atoms with van der Waals surface area (Å²) in [5.74, 6) is 0. The number of nitrogens with zero attached hydrogens (tertiary/aromatic N) is 2. The van der Waals surface area contributed by atoms with Gasteiger partial charge in [0.1, 0.15) is 0 Å². The van der Waals surface area contributed by atoms with Gasteiger partial charge in [-0.05, 0) is 18.2 Å². The predicted molar refractivity (Wildman–Crippen MR) is 58.4 cm³/mol. The van der Waals surface area contributed by atoms with Gasteiger partial charge in [-0.25, -0.2) is 4.98 Å². The summed E-state index contributed by atoms with van der Waals surface area (Å²) in [6.07, 6.45) is 0. The lowest BCUT2D eigenvalue weighted by Gasteiger charge is -1.99.